The predicted molar refractivity (Wildman–Crippen MR) is 121 cm³/mol. The average Bonchev–Trinajstić information content (AvgIpc) is 3.37. The van der Waals surface area contributed by atoms with Crippen molar-refractivity contribution in [2.24, 2.45) is 0 Å². The molecule has 0 aliphatic carbocycles. The van der Waals surface area contributed by atoms with Crippen LogP contribution in [0.4, 0.5) is 29.3 Å². The van der Waals surface area contributed by atoms with Crippen LogP contribution in [0.25, 0.3) is 0 Å². The first-order chi connectivity index (χ1) is 16.7. The standard InChI is InChI=1S/C22H24ClF3N6O3/c1-12-9-32-18(11-30(12)22(35)29-13-5-15(24)21(26)16(25)6-13)17(8-27-32)31-10-14(7-20(31)34)28-19(33)3-2-4-23/h5-6,8,12,14H,2-4,7,9-11H2,1H3,(H,28,33)(H,29,35)/t12-,14?/m0/s1. The summed E-state index contributed by atoms with van der Waals surface area (Å²) in [5, 5.41) is 9.58. The zero-order valence-corrected chi connectivity index (χ0v) is 19.6. The lowest BCUT2D eigenvalue weighted by atomic mass is 10.2. The molecule has 1 aromatic heterocycles. The van der Waals surface area contributed by atoms with Crippen LogP contribution in [0, 0.1) is 17.5 Å². The third-order valence-electron chi connectivity index (χ3n) is 6.03. The molecule has 0 saturated carbocycles. The van der Waals surface area contributed by atoms with Crippen LogP contribution in [0.3, 0.4) is 0 Å². The fourth-order valence-corrected chi connectivity index (χ4v) is 4.41. The summed E-state index contributed by atoms with van der Waals surface area (Å²) in [5.74, 6) is -4.43. The molecule has 0 radical (unpaired) electrons. The van der Waals surface area contributed by atoms with Crippen LogP contribution in [-0.4, -0.2) is 57.0 Å². The molecule has 13 heteroatoms. The molecule has 2 N–H and O–H groups in total. The fraction of sp³-hybridized carbons (Fsp3) is 0.455. The van der Waals surface area contributed by atoms with Crippen LogP contribution in [0.5, 0.6) is 0 Å². The van der Waals surface area contributed by atoms with E-state index in [0.29, 0.717) is 42.4 Å². The number of amides is 4. The third kappa shape index (κ3) is 5.21. The molecule has 1 fully saturated rings. The molecule has 4 amide bonds. The van der Waals surface area contributed by atoms with Crippen molar-refractivity contribution in [2.45, 2.75) is 51.4 Å². The van der Waals surface area contributed by atoms with Crippen molar-refractivity contribution in [3.63, 3.8) is 0 Å². The first-order valence-corrected chi connectivity index (χ1v) is 11.6. The highest BCUT2D eigenvalue weighted by Gasteiger charge is 2.37. The van der Waals surface area contributed by atoms with Gasteiger partial charge < -0.3 is 20.4 Å². The molecule has 0 spiro atoms. The Morgan fingerprint density at radius 2 is 1.91 bits per heavy atom. The van der Waals surface area contributed by atoms with Crippen molar-refractivity contribution in [2.75, 3.05) is 22.6 Å². The number of alkyl halides is 1. The summed E-state index contributed by atoms with van der Waals surface area (Å²) >= 11 is 5.62. The minimum absolute atomic E-state index is 0.0744. The Labute approximate surface area is 204 Å². The molecule has 2 atom stereocenters. The molecule has 4 rings (SSSR count). The van der Waals surface area contributed by atoms with Crippen molar-refractivity contribution in [3.05, 3.63) is 41.5 Å². The molecule has 9 nitrogen and oxygen atoms in total. The monoisotopic (exact) mass is 512 g/mol. The Bertz CT molecular complexity index is 1140. The Hall–Kier alpha value is -3.28. The number of carbonyl (C=O) groups excluding carboxylic acids is 3. The van der Waals surface area contributed by atoms with Gasteiger partial charge in [0.2, 0.25) is 11.8 Å². The van der Waals surface area contributed by atoms with Crippen LogP contribution in [-0.2, 0) is 22.7 Å². The van der Waals surface area contributed by atoms with Crippen LogP contribution >= 0.6 is 11.6 Å². The largest absolute Gasteiger partial charge is 0.351 e. The van der Waals surface area contributed by atoms with E-state index in [2.05, 4.69) is 15.7 Å². The van der Waals surface area contributed by atoms with Crippen LogP contribution in [0.1, 0.15) is 31.9 Å². The van der Waals surface area contributed by atoms with Gasteiger partial charge in [0.15, 0.2) is 17.5 Å². The molecular formula is C22H24ClF3N6O3. The highest BCUT2D eigenvalue weighted by atomic mass is 35.5. The number of fused-ring (bicyclic) bond motifs is 1. The van der Waals surface area contributed by atoms with Crippen molar-refractivity contribution < 1.29 is 27.6 Å². The number of rotatable bonds is 6. The Morgan fingerprint density at radius 3 is 2.60 bits per heavy atom. The maximum Gasteiger partial charge on any atom is 0.322 e. The summed E-state index contributed by atoms with van der Waals surface area (Å²) in [6, 6.07) is 0.0779. The topological polar surface area (TPSA) is 99.6 Å². The number of halogens is 4. The summed E-state index contributed by atoms with van der Waals surface area (Å²) in [4.78, 5) is 40.6. The van der Waals surface area contributed by atoms with Crippen molar-refractivity contribution in [1.82, 2.24) is 20.0 Å². The normalized spacial score (nSPS) is 19.6. The lowest BCUT2D eigenvalue weighted by Gasteiger charge is -2.35. The second kappa shape index (κ2) is 10.1. The van der Waals surface area contributed by atoms with E-state index in [9.17, 15) is 27.6 Å². The minimum atomic E-state index is -1.62. The smallest absolute Gasteiger partial charge is 0.322 e. The van der Waals surface area contributed by atoms with Gasteiger partial charge in [-0.25, -0.2) is 18.0 Å². The quantitative estimate of drug-likeness (QED) is 0.459. The highest BCUT2D eigenvalue weighted by molar-refractivity contribution is 6.17. The number of hydrogen-bond acceptors (Lipinski definition) is 4. The number of hydrogen-bond donors (Lipinski definition) is 2. The zero-order chi connectivity index (χ0) is 25.3. The van der Waals surface area contributed by atoms with Gasteiger partial charge in [-0.2, -0.15) is 5.10 Å². The van der Waals surface area contributed by atoms with E-state index >= 15 is 0 Å². The van der Waals surface area contributed by atoms with Gasteiger partial charge in [-0.05, 0) is 13.3 Å². The lowest BCUT2D eigenvalue weighted by molar-refractivity contribution is -0.121. The van der Waals surface area contributed by atoms with E-state index in [1.807, 2.05) is 0 Å². The Balaban J connectivity index is 1.47. The molecule has 2 aliphatic heterocycles. The molecule has 1 aromatic carbocycles. The van der Waals surface area contributed by atoms with Gasteiger partial charge in [-0.15, -0.1) is 11.6 Å². The number of benzene rings is 1. The number of anilines is 2. The fourth-order valence-electron chi connectivity index (χ4n) is 4.27. The number of nitrogens with one attached hydrogen (secondary N) is 2. The van der Waals surface area contributed by atoms with Gasteiger partial charge in [0.05, 0.1) is 42.8 Å². The summed E-state index contributed by atoms with van der Waals surface area (Å²) in [7, 11) is 0. The SMILES string of the molecule is C[C@H]1Cn2ncc(N3CC(NC(=O)CCCCl)CC3=O)c2CN1C(=O)Nc1cc(F)c(F)c(F)c1. The second-order valence-corrected chi connectivity index (χ2v) is 8.96. The van der Waals surface area contributed by atoms with Crippen LogP contribution < -0.4 is 15.5 Å². The average molecular weight is 513 g/mol. The van der Waals surface area contributed by atoms with Crippen LogP contribution in [0.2, 0.25) is 0 Å². The molecule has 2 aliphatic rings. The molecule has 2 aromatic rings. The summed E-state index contributed by atoms with van der Waals surface area (Å²) in [5.41, 5.74) is 0.911. The van der Waals surface area contributed by atoms with Gasteiger partial charge in [0.1, 0.15) is 0 Å². The van der Waals surface area contributed by atoms with Gasteiger partial charge in [0, 0.05) is 43.1 Å². The van der Waals surface area contributed by atoms with Gasteiger partial charge in [-0.1, -0.05) is 0 Å². The van der Waals surface area contributed by atoms with Crippen molar-refractivity contribution >= 4 is 40.8 Å². The molecule has 1 unspecified atom stereocenters. The maximum absolute atomic E-state index is 13.5. The number of nitrogens with zero attached hydrogens (tertiary/aromatic N) is 4. The van der Waals surface area contributed by atoms with E-state index in [1.54, 1.807) is 17.8 Å². The third-order valence-corrected chi connectivity index (χ3v) is 6.30. The molecule has 188 valence electrons. The lowest BCUT2D eigenvalue weighted by Crippen LogP contribution is -2.47. The minimum Gasteiger partial charge on any atom is -0.351 e. The van der Waals surface area contributed by atoms with Crippen molar-refractivity contribution in [3.8, 4) is 0 Å². The molecule has 0 bridgehead atoms. The molecular weight excluding hydrogens is 489 g/mol. The molecule has 35 heavy (non-hydrogen) atoms. The van der Waals surface area contributed by atoms with E-state index in [1.165, 1.54) is 9.80 Å². The Morgan fingerprint density at radius 1 is 1.20 bits per heavy atom. The van der Waals surface area contributed by atoms with Gasteiger partial charge >= 0.3 is 6.03 Å². The van der Waals surface area contributed by atoms with E-state index < -0.39 is 23.5 Å². The van der Waals surface area contributed by atoms with E-state index in [4.69, 9.17) is 11.6 Å². The van der Waals surface area contributed by atoms with E-state index in [0.717, 1.165) is 0 Å². The number of aromatic nitrogens is 2. The van der Waals surface area contributed by atoms with Crippen LogP contribution in [0.15, 0.2) is 18.3 Å². The first kappa shape index (κ1) is 24.8. The highest BCUT2D eigenvalue weighted by Crippen LogP contribution is 2.30. The summed E-state index contributed by atoms with van der Waals surface area (Å²) < 4.78 is 42.0. The predicted octanol–water partition coefficient (Wildman–Crippen LogP) is 2.98. The Kier molecular flexibility index (Phi) is 7.20. The summed E-state index contributed by atoms with van der Waals surface area (Å²) in [6.45, 7) is 2.45. The number of carbonyl (C=O) groups is 3. The van der Waals surface area contributed by atoms with Crippen molar-refractivity contribution in [1.29, 1.82) is 0 Å². The second-order valence-electron chi connectivity index (χ2n) is 8.59. The van der Waals surface area contributed by atoms with E-state index in [-0.39, 0.29) is 55.5 Å². The maximum atomic E-state index is 13.5. The molecule has 1 saturated heterocycles. The summed E-state index contributed by atoms with van der Waals surface area (Å²) in [6.07, 6.45) is 2.51. The zero-order valence-electron chi connectivity index (χ0n) is 18.9. The first-order valence-electron chi connectivity index (χ1n) is 11.1. The number of urea groups is 1. The van der Waals surface area contributed by atoms with Gasteiger partial charge in [-0.3, -0.25) is 14.3 Å². The molecule has 3 heterocycles. The van der Waals surface area contributed by atoms with Gasteiger partial charge in [0.25, 0.3) is 0 Å².